The van der Waals surface area contributed by atoms with Gasteiger partial charge in [-0.05, 0) is 138 Å². The molecule has 0 unspecified atom stereocenters. The number of amides is 8. The van der Waals surface area contributed by atoms with E-state index in [2.05, 4.69) is 42.5 Å². The number of likely N-dealkylation sites (tertiary alicyclic amines) is 2. The Morgan fingerprint density at radius 2 is 0.887 bits per heavy atom. The number of hydrogen-bond acceptors (Lipinski definition) is 14. The number of likely N-dealkylation sites (N-methyl/N-ethyl adjacent to an activating group) is 2. The zero-order chi connectivity index (χ0) is 56.5. The molecule has 8 amide bonds. The van der Waals surface area contributed by atoms with Crippen molar-refractivity contribution in [3.8, 4) is 11.5 Å². The molecule has 4 fully saturated rings. The second-order valence-electron chi connectivity index (χ2n) is 21.8. The molecule has 0 aromatic heterocycles. The third kappa shape index (κ3) is 13.7. The first kappa shape index (κ1) is 58.3. The zero-order valence-electron chi connectivity index (χ0n) is 46.0. The highest BCUT2D eigenvalue weighted by Gasteiger charge is 2.47. The van der Waals surface area contributed by atoms with E-state index in [0.29, 0.717) is 63.2 Å². The van der Waals surface area contributed by atoms with Gasteiger partial charge in [-0.3, -0.25) is 38.4 Å². The molecule has 6 heterocycles. The van der Waals surface area contributed by atoms with Gasteiger partial charge < -0.3 is 61.8 Å². The second kappa shape index (κ2) is 26.9. The van der Waals surface area contributed by atoms with Crippen molar-refractivity contribution in [1.29, 1.82) is 0 Å². The SMILES string of the molecule is CN[C@@H](C)C(=O)N[C@H](C(=O)N1C[C@@H](NC(=O)c2ccc(C(=O)N[C@H]3C[C@@H](C(=O)N[C@@H]4CCOc5ccccc54)N(C(=O)[C@@H](NC(=O)[C@H](C)NC)C4CCSCC4)C3)cc2)C[C@H]1C(=O)N[C@@H]1CCOc2ccccc21)C1CCSCC1. The number of nitrogens with zero attached hydrogens (tertiary/aromatic N) is 2. The fourth-order valence-electron chi connectivity index (χ4n) is 11.7. The van der Waals surface area contributed by atoms with E-state index in [1.165, 1.54) is 34.1 Å². The maximum atomic E-state index is 14.9. The third-order valence-electron chi connectivity index (χ3n) is 16.7. The number of para-hydroxylation sites is 2. The van der Waals surface area contributed by atoms with Crippen LogP contribution in [-0.4, -0.2) is 169 Å². The van der Waals surface area contributed by atoms with E-state index in [1.807, 2.05) is 48.5 Å². The molecule has 0 aliphatic carbocycles. The van der Waals surface area contributed by atoms with Crippen LogP contribution in [-0.2, 0) is 28.8 Å². The van der Waals surface area contributed by atoms with Crippen LogP contribution in [0.1, 0.15) is 109 Å². The summed E-state index contributed by atoms with van der Waals surface area (Å²) in [5.41, 5.74) is 2.14. The molecular weight excluding hydrogens is 1060 g/mol. The second-order valence-corrected chi connectivity index (χ2v) is 24.2. The molecule has 3 aromatic rings. The summed E-state index contributed by atoms with van der Waals surface area (Å²) in [7, 11) is 3.35. The van der Waals surface area contributed by atoms with E-state index in [1.54, 1.807) is 51.5 Å². The fraction of sp³-hybridized carbons (Fsp3) is 0.552. The number of fused-ring (bicyclic) bond motifs is 2. The molecular formula is C58H76N10O10S2. The van der Waals surface area contributed by atoms with Crippen molar-refractivity contribution in [1.82, 2.24) is 52.3 Å². The van der Waals surface area contributed by atoms with E-state index < -0.39 is 60.1 Å². The molecule has 3 aromatic carbocycles. The van der Waals surface area contributed by atoms with Crippen molar-refractivity contribution in [3.05, 3.63) is 95.1 Å². The quantitative estimate of drug-likeness (QED) is 0.0912. The first-order valence-electron chi connectivity index (χ1n) is 28.2. The van der Waals surface area contributed by atoms with Gasteiger partial charge in [0.15, 0.2) is 0 Å². The highest BCUT2D eigenvalue weighted by Crippen LogP contribution is 2.36. The zero-order valence-corrected chi connectivity index (χ0v) is 47.6. The Labute approximate surface area is 476 Å². The van der Waals surface area contributed by atoms with Crippen LogP contribution >= 0.6 is 23.5 Å². The van der Waals surface area contributed by atoms with Gasteiger partial charge in [0.2, 0.25) is 35.4 Å². The van der Waals surface area contributed by atoms with Crippen LogP contribution in [0.2, 0.25) is 0 Å². The molecule has 4 saturated heterocycles. The number of rotatable bonds is 18. The number of carbonyl (C=O) groups is 8. The number of carbonyl (C=O) groups excluding carboxylic acids is 8. The molecule has 0 bridgehead atoms. The van der Waals surface area contributed by atoms with Crippen LogP contribution in [0.4, 0.5) is 0 Å². The highest BCUT2D eigenvalue weighted by molar-refractivity contribution is 7.99. The summed E-state index contributed by atoms with van der Waals surface area (Å²) in [5, 5.41) is 24.4. The maximum absolute atomic E-state index is 14.9. The van der Waals surface area contributed by atoms with Crippen molar-refractivity contribution in [2.24, 2.45) is 11.8 Å². The molecule has 20 nitrogen and oxygen atoms in total. The number of nitrogens with one attached hydrogen (secondary N) is 8. The summed E-state index contributed by atoms with van der Waals surface area (Å²) in [6, 6.07) is 14.3. The lowest BCUT2D eigenvalue weighted by molar-refractivity contribution is -0.143. The lowest BCUT2D eigenvalue weighted by Crippen LogP contribution is -2.58. The Balaban J connectivity index is 0.896. The number of thioether (sulfide) groups is 2. The number of benzene rings is 3. The Bertz CT molecular complexity index is 2560. The van der Waals surface area contributed by atoms with E-state index >= 15 is 0 Å². The summed E-state index contributed by atoms with van der Waals surface area (Å²) in [4.78, 5) is 117. The van der Waals surface area contributed by atoms with Crippen molar-refractivity contribution in [3.63, 3.8) is 0 Å². The Hall–Kier alpha value is -6.36. The van der Waals surface area contributed by atoms with Gasteiger partial charge in [0.25, 0.3) is 11.8 Å². The lowest BCUT2D eigenvalue weighted by Gasteiger charge is -2.35. The lowest BCUT2D eigenvalue weighted by atomic mass is 9.92. The van der Waals surface area contributed by atoms with Crippen LogP contribution in [0, 0.1) is 11.8 Å². The number of hydrogen-bond donors (Lipinski definition) is 8. The van der Waals surface area contributed by atoms with Gasteiger partial charge in [0.05, 0.1) is 37.4 Å². The van der Waals surface area contributed by atoms with Gasteiger partial charge >= 0.3 is 0 Å². The van der Waals surface area contributed by atoms with Crippen molar-refractivity contribution in [2.75, 3.05) is 63.4 Å². The summed E-state index contributed by atoms with van der Waals surface area (Å²) >= 11 is 3.60. The third-order valence-corrected chi connectivity index (χ3v) is 18.8. The highest BCUT2D eigenvalue weighted by atomic mass is 32.2. The van der Waals surface area contributed by atoms with Gasteiger partial charge in [-0.15, -0.1) is 0 Å². The van der Waals surface area contributed by atoms with Gasteiger partial charge in [-0.2, -0.15) is 23.5 Å². The smallest absolute Gasteiger partial charge is 0.251 e. The maximum Gasteiger partial charge on any atom is 0.251 e. The van der Waals surface area contributed by atoms with Crippen molar-refractivity contribution >= 4 is 70.8 Å². The molecule has 10 atom stereocenters. The number of ether oxygens (including phenoxy) is 2. The Morgan fingerprint density at radius 1 is 0.512 bits per heavy atom. The molecule has 0 spiro atoms. The molecule has 80 heavy (non-hydrogen) atoms. The normalized spacial score (nSPS) is 24.4. The summed E-state index contributed by atoms with van der Waals surface area (Å²) in [6.45, 7) is 4.28. The van der Waals surface area contributed by atoms with E-state index in [0.717, 1.165) is 34.1 Å². The first-order valence-corrected chi connectivity index (χ1v) is 30.5. The Morgan fingerprint density at radius 3 is 1.26 bits per heavy atom. The average Bonchev–Trinajstić information content (AvgIpc) is 4.12. The predicted molar refractivity (Wildman–Crippen MR) is 305 cm³/mol. The molecule has 430 valence electrons. The molecule has 8 N–H and O–H groups in total. The van der Waals surface area contributed by atoms with Crippen LogP contribution in [0.3, 0.4) is 0 Å². The van der Waals surface area contributed by atoms with Gasteiger partial charge in [0, 0.05) is 60.3 Å². The van der Waals surface area contributed by atoms with Crippen LogP contribution < -0.4 is 52.0 Å². The average molecular weight is 1140 g/mol. The monoisotopic (exact) mass is 1140 g/mol. The molecule has 9 rings (SSSR count). The Kier molecular flexibility index (Phi) is 19.6. The standard InChI is InChI=1S/C58H76N10O10S2/c1-33(59-3)51(69)65-49(35-19-25-79-26-20-35)57(75)67-31-39(29-45(67)55(73)63-43-17-23-77-47-11-7-5-9-41(43)47)61-53(71)37-13-15-38(16-14-37)54(72)62-40-30-46(56(74)64-44-18-24-78-48-12-8-6-10-42(44)48)68(32-40)58(76)50(36-21-27-80-28-22-36)66-52(70)34(2)60-4/h5-16,33-36,39-40,43-46,49-50,59-60H,17-32H2,1-4H3,(H,61,71)(H,62,72)(H,63,73)(H,64,74)(H,65,69)(H,66,70)/t33-,34-,39-,40-,43+,44+,45-,46-,49-,50-/m0/s1. The van der Waals surface area contributed by atoms with Crippen molar-refractivity contribution < 1.29 is 47.8 Å². The van der Waals surface area contributed by atoms with Crippen LogP contribution in [0.15, 0.2) is 72.8 Å². The van der Waals surface area contributed by atoms with Gasteiger partial charge in [-0.1, -0.05) is 36.4 Å². The van der Waals surface area contributed by atoms with E-state index in [4.69, 9.17) is 9.47 Å². The summed E-state index contributed by atoms with van der Waals surface area (Å²) in [5.74, 6) is 1.32. The van der Waals surface area contributed by atoms with E-state index in [9.17, 15) is 38.4 Å². The van der Waals surface area contributed by atoms with Gasteiger partial charge in [-0.25, -0.2) is 0 Å². The van der Waals surface area contributed by atoms with Crippen LogP contribution in [0.25, 0.3) is 0 Å². The molecule has 6 aliphatic rings. The van der Waals surface area contributed by atoms with Gasteiger partial charge in [0.1, 0.15) is 35.7 Å². The minimum Gasteiger partial charge on any atom is -0.493 e. The predicted octanol–water partition coefficient (Wildman–Crippen LogP) is 2.84. The fourth-order valence-corrected chi connectivity index (χ4v) is 14.0. The minimum atomic E-state index is -0.961. The topological polar surface area (TPSA) is 258 Å². The summed E-state index contributed by atoms with van der Waals surface area (Å²) < 4.78 is 11.7. The van der Waals surface area contributed by atoms with Crippen LogP contribution in [0.5, 0.6) is 11.5 Å². The summed E-state index contributed by atoms with van der Waals surface area (Å²) in [6.07, 6.45) is 4.16. The molecule has 0 saturated carbocycles. The molecule has 0 radical (unpaired) electrons. The first-order chi connectivity index (χ1) is 38.7. The molecule has 22 heteroatoms. The molecule has 6 aliphatic heterocycles. The largest absolute Gasteiger partial charge is 0.493 e. The van der Waals surface area contributed by atoms with Crippen molar-refractivity contribution in [2.45, 2.75) is 126 Å². The van der Waals surface area contributed by atoms with E-state index in [-0.39, 0.29) is 96.4 Å². The minimum absolute atomic E-state index is 0.0210.